The van der Waals surface area contributed by atoms with Crippen molar-refractivity contribution in [3.63, 3.8) is 0 Å². The lowest BCUT2D eigenvalue weighted by Gasteiger charge is -2.17. The normalized spacial score (nSPS) is 11.6. The van der Waals surface area contributed by atoms with E-state index >= 15 is 0 Å². The van der Waals surface area contributed by atoms with E-state index in [1.807, 2.05) is 54.6 Å². The molecule has 0 aliphatic heterocycles. The molecule has 0 saturated heterocycles. The molecule has 3 aromatic rings. The highest BCUT2D eigenvalue weighted by Gasteiger charge is 2.05. The van der Waals surface area contributed by atoms with Crippen molar-refractivity contribution in [2.24, 2.45) is 0 Å². The second-order valence-corrected chi connectivity index (χ2v) is 6.61. The van der Waals surface area contributed by atoms with Gasteiger partial charge in [0.1, 0.15) is 24.2 Å². The van der Waals surface area contributed by atoms with E-state index in [0.29, 0.717) is 6.61 Å². The Kier molecular flexibility index (Phi) is 6.75. The van der Waals surface area contributed by atoms with Crippen LogP contribution in [0.4, 0.5) is 5.69 Å². The Bertz CT molecular complexity index is 815. The van der Waals surface area contributed by atoms with Crippen molar-refractivity contribution in [2.75, 3.05) is 11.9 Å². The molecule has 0 spiro atoms. The summed E-state index contributed by atoms with van der Waals surface area (Å²) in [7, 11) is 0. The molecule has 27 heavy (non-hydrogen) atoms. The maximum absolute atomic E-state index is 5.98. The SMILES string of the molecule is CCc1ccc(OC(C)CNc2cccc(OCc3ccccc3)c2)cc1. The fourth-order valence-corrected chi connectivity index (χ4v) is 2.78. The molecule has 1 atom stereocenters. The predicted octanol–water partition coefficient (Wildman–Crippen LogP) is 5.71. The summed E-state index contributed by atoms with van der Waals surface area (Å²) in [6.07, 6.45) is 1.10. The van der Waals surface area contributed by atoms with Crippen LogP contribution < -0.4 is 14.8 Å². The third-order valence-corrected chi connectivity index (χ3v) is 4.34. The summed E-state index contributed by atoms with van der Waals surface area (Å²) < 4.78 is 11.9. The van der Waals surface area contributed by atoms with Crippen LogP contribution in [-0.4, -0.2) is 12.6 Å². The van der Waals surface area contributed by atoms with Gasteiger partial charge in [0.25, 0.3) is 0 Å². The van der Waals surface area contributed by atoms with Crippen LogP contribution in [-0.2, 0) is 13.0 Å². The molecule has 0 aromatic heterocycles. The van der Waals surface area contributed by atoms with Crippen molar-refractivity contribution in [1.29, 1.82) is 0 Å². The first-order valence-corrected chi connectivity index (χ1v) is 9.49. The van der Waals surface area contributed by atoms with Crippen LogP contribution in [0.5, 0.6) is 11.5 Å². The van der Waals surface area contributed by atoms with Gasteiger partial charge in [0.15, 0.2) is 0 Å². The van der Waals surface area contributed by atoms with Gasteiger partial charge in [0, 0.05) is 11.8 Å². The van der Waals surface area contributed by atoms with Crippen molar-refractivity contribution >= 4 is 5.69 Å². The Labute approximate surface area is 162 Å². The van der Waals surface area contributed by atoms with Gasteiger partial charge in [-0.1, -0.05) is 55.5 Å². The summed E-state index contributed by atoms with van der Waals surface area (Å²) in [5, 5.41) is 3.42. The van der Waals surface area contributed by atoms with Crippen LogP contribution in [0.15, 0.2) is 78.9 Å². The van der Waals surface area contributed by atoms with Gasteiger partial charge in [-0.05, 0) is 48.7 Å². The minimum Gasteiger partial charge on any atom is -0.489 e. The smallest absolute Gasteiger partial charge is 0.121 e. The number of nitrogens with one attached hydrogen (secondary N) is 1. The molecule has 0 saturated carbocycles. The number of rotatable bonds is 9. The zero-order valence-corrected chi connectivity index (χ0v) is 16.0. The van der Waals surface area contributed by atoms with E-state index in [2.05, 4.69) is 43.4 Å². The molecule has 0 radical (unpaired) electrons. The number of aryl methyl sites for hydroxylation is 1. The Morgan fingerprint density at radius 1 is 0.815 bits per heavy atom. The fourth-order valence-electron chi connectivity index (χ4n) is 2.78. The molecule has 140 valence electrons. The van der Waals surface area contributed by atoms with Gasteiger partial charge in [0.2, 0.25) is 0 Å². The zero-order valence-electron chi connectivity index (χ0n) is 16.0. The van der Waals surface area contributed by atoms with Crippen molar-refractivity contribution in [1.82, 2.24) is 0 Å². The van der Waals surface area contributed by atoms with Gasteiger partial charge in [-0.15, -0.1) is 0 Å². The average Bonchev–Trinajstić information content (AvgIpc) is 2.72. The Morgan fingerprint density at radius 2 is 1.59 bits per heavy atom. The minimum atomic E-state index is 0.0615. The highest BCUT2D eigenvalue weighted by molar-refractivity contribution is 5.48. The van der Waals surface area contributed by atoms with Gasteiger partial charge in [-0.3, -0.25) is 0 Å². The number of hydrogen-bond donors (Lipinski definition) is 1. The Morgan fingerprint density at radius 3 is 2.33 bits per heavy atom. The average molecular weight is 361 g/mol. The molecule has 3 heteroatoms. The van der Waals surface area contributed by atoms with Crippen LogP contribution in [0.2, 0.25) is 0 Å². The van der Waals surface area contributed by atoms with Crippen molar-refractivity contribution in [2.45, 2.75) is 33.0 Å². The topological polar surface area (TPSA) is 30.5 Å². The lowest BCUT2D eigenvalue weighted by atomic mass is 10.2. The quantitative estimate of drug-likeness (QED) is 0.530. The predicted molar refractivity (Wildman–Crippen MR) is 112 cm³/mol. The van der Waals surface area contributed by atoms with E-state index in [1.165, 1.54) is 5.56 Å². The lowest BCUT2D eigenvalue weighted by molar-refractivity contribution is 0.234. The molecule has 3 rings (SSSR count). The third-order valence-electron chi connectivity index (χ3n) is 4.34. The maximum Gasteiger partial charge on any atom is 0.121 e. The molecule has 0 heterocycles. The first-order chi connectivity index (χ1) is 13.2. The monoisotopic (exact) mass is 361 g/mol. The van der Waals surface area contributed by atoms with Gasteiger partial charge in [0.05, 0.1) is 6.54 Å². The van der Waals surface area contributed by atoms with E-state index in [9.17, 15) is 0 Å². The van der Waals surface area contributed by atoms with E-state index in [0.717, 1.165) is 35.7 Å². The third kappa shape index (κ3) is 6.07. The summed E-state index contributed by atoms with van der Waals surface area (Å²) in [4.78, 5) is 0. The van der Waals surface area contributed by atoms with E-state index < -0.39 is 0 Å². The first kappa shape index (κ1) is 18.8. The van der Waals surface area contributed by atoms with E-state index in [1.54, 1.807) is 0 Å². The van der Waals surface area contributed by atoms with Crippen LogP contribution in [0.25, 0.3) is 0 Å². The molecule has 0 bridgehead atoms. The van der Waals surface area contributed by atoms with Crippen molar-refractivity contribution in [3.05, 3.63) is 90.0 Å². The summed E-state index contributed by atoms with van der Waals surface area (Å²) in [6.45, 7) is 5.51. The maximum atomic E-state index is 5.98. The molecule has 3 aromatic carbocycles. The summed E-state index contributed by atoms with van der Waals surface area (Å²) in [6, 6.07) is 26.5. The van der Waals surface area contributed by atoms with Gasteiger partial charge in [-0.25, -0.2) is 0 Å². The highest BCUT2D eigenvalue weighted by Crippen LogP contribution is 2.19. The van der Waals surface area contributed by atoms with E-state index in [-0.39, 0.29) is 6.10 Å². The molecular formula is C24H27NO2. The summed E-state index contributed by atoms with van der Waals surface area (Å²) >= 11 is 0. The molecule has 0 aliphatic carbocycles. The first-order valence-electron chi connectivity index (χ1n) is 9.49. The summed E-state index contributed by atoms with van der Waals surface area (Å²) in [5.74, 6) is 1.76. The second kappa shape index (κ2) is 9.67. The molecule has 1 N–H and O–H groups in total. The number of hydrogen-bond acceptors (Lipinski definition) is 3. The van der Waals surface area contributed by atoms with Crippen LogP contribution in [0, 0.1) is 0 Å². The molecule has 1 unspecified atom stereocenters. The number of anilines is 1. The molecular weight excluding hydrogens is 334 g/mol. The van der Waals surface area contributed by atoms with Gasteiger partial charge >= 0.3 is 0 Å². The van der Waals surface area contributed by atoms with Gasteiger partial charge < -0.3 is 14.8 Å². The largest absolute Gasteiger partial charge is 0.489 e. The highest BCUT2D eigenvalue weighted by atomic mass is 16.5. The van der Waals surface area contributed by atoms with Crippen LogP contribution in [0.1, 0.15) is 25.0 Å². The Hall–Kier alpha value is -2.94. The number of ether oxygens (including phenoxy) is 2. The van der Waals surface area contributed by atoms with Gasteiger partial charge in [-0.2, -0.15) is 0 Å². The fraction of sp³-hybridized carbons (Fsp3) is 0.250. The molecule has 3 nitrogen and oxygen atoms in total. The van der Waals surface area contributed by atoms with E-state index in [4.69, 9.17) is 9.47 Å². The molecule has 0 amide bonds. The Balaban J connectivity index is 1.48. The molecule has 0 fully saturated rings. The molecule has 0 aliphatic rings. The van der Waals surface area contributed by atoms with Crippen molar-refractivity contribution < 1.29 is 9.47 Å². The zero-order chi connectivity index (χ0) is 18.9. The number of benzene rings is 3. The standard InChI is InChI=1S/C24H27NO2/c1-3-20-12-14-23(15-13-20)27-19(2)17-25-22-10-7-11-24(16-22)26-18-21-8-5-4-6-9-21/h4-16,19,25H,3,17-18H2,1-2H3. The van der Waals surface area contributed by atoms with Crippen LogP contribution in [0.3, 0.4) is 0 Å². The van der Waals surface area contributed by atoms with Crippen LogP contribution >= 0.6 is 0 Å². The summed E-state index contributed by atoms with van der Waals surface area (Å²) in [5.41, 5.74) is 3.50. The van der Waals surface area contributed by atoms with Crippen molar-refractivity contribution in [3.8, 4) is 11.5 Å². The lowest BCUT2D eigenvalue weighted by Crippen LogP contribution is -2.22. The minimum absolute atomic E-state index is 0.0615. The second-order valence-electron chi connectivity index (χ2n) is 6.61.